The second kappa shape index (κ2) is 12.6. The number of aryl methyl sites for hydroxylation is 1. The van der Waals surface area contributed by atoms with Crippen LogP contribution in [-0.4, -0.2) is 48.4 Å². The van der Waals surface area contributed by atoms with Gasteiger partial charge in [-0.15, -0.1) is 24.0 Å². The lowest BCUT2D eigenvalue weighted by Gasteiger charge is -2.32. The van der Waals surface area contributed by atoms with Gasteiger partial charge in [-0.25, -0.2) is 9.98 Å². The molecular weight excluding hydrogens is 515 g/mol. The van der Waals surface area contributed by atoms with Crippen LogP contribution in [0.4, 0.5) is 5.82 Å². The fourth-order valence-electron chi connectivity index (χ4n) is 3.96. The van der Waals surface area contributed by atoms with E-state index in [2.05, 4.69) is 71.3 Å². The van der Waals surface area contributed by atoms with E-state index in [0.29, 0.717) is 6.54 Å². The van der Waals surface area contributed by atoms with Crippen molar-refractivity contribution in [1.82, 2.24) is 15.2 Å². The summed E-state index contributed by atoms with van der Waals surface area (Å²) in [7, 11) is 2.06. The van der Waals surface area contributed by atoms with Gasteiger partial charge in [0.05, 0.1) is 6.54 Å². The van der Waals surface area contributed by atoms with E-state index in [1.807, 2.05) is 12.3 Å². The fourth-order valence-corrected chi connectivity index (χ4v) is 3.96. The normalized spacial score (nSPS) is 14.6. The number of aliphatic imine (C=N–C) groups is 1. The number of aromatic nitrogens is 1. The van der Waals surface area contributed by atoms with Gasteiger partial charge in [0, 0.05) is 50.9 Å². The minimum atomic E-state index is -0.197. The minimum Gasteiger partial charge on any atom is -0.369 e. The third kappa shape index (κ3) is 6.82. The maximum absolute atomic E-state index is 11.5. The molecule has 3 rings (SSSR count). The molecule has 8 heteroatoms. The number of carbonyl (C=O) groups is 1. The van der Waals surface area contributed by atoms with E-state index in [4.69, 9.17) is 10.7 Å². The molecule has 174 valence electrons. The first-order chi connectivity index (χ1) is 15.0. The van der Waals surface area contributed by atoms with Crippen molar-refractivity contribution in [2.75, 3.05) is 31.6 Å². The summed E-state index contributed by atoms with van der Waals surface area (Å²) < 4.78 is 0. The highest BCUT2D eigenvalue weighted by atomic mass is 127. The van der Waals surface area contributed by atoms with Crippen LogP contribution in [-0.2, 0) is 17.9 Å². The molecule has 1 aliphatic heterocycles. The van der Waals surface area contributed by atoms with Crippen LogP contribution in [0.3, 0.4) is 0 Å². The molecule has 0 bridgehead atoms. The lowest BCUT2D eigenvalue weighted by atomic mass is 9.96. The maximum Gasteiger partial charge on any atom is 0.220 e. The molecule has 1 fully saturated rings. The Morgan fingerprint density at radius 2 is 1.91 bits per heavy atom. The van der Waals surface area contributed by atoms with Crippen LogP contribution in [0.1, 0.15) is 36.5 Å². The number of hydrogen-bond donors (Lipinski definition) is 2. The van der Waals surface area contributed by atoms with Crippen molar-refractivity contribution in [1.29, 1.82) is 0 Å². The van der Waals surface area contributed by atoms with Gasteiger partial charge >= 0.3 is 0 Å². The van der Waals surface area contributed by atoms with Crippen LogP contribution >= 0.6 is 24.0 Å². The van der Waals surface area contributed by atoms with Crippen molar-refractivity contribution in [2.45, 2.75) is 39.8 Å². The number of rotatable bonds is 7. The number of piperidine rings is 1. The number of guanidine groups is 1. The number of primary amides is 1. The smallest absolute Gasteiger partial charge is 0.220 e. The second-order valence-electron chi connectivity index (χ2n) is 8.10. The lowest BCUT2D eigenvalue weighted by molar-refractivity contribution is -0.122. The van der Waals surface area contributed by atoms with Crippen LogP contribution < -0.4 is 16.0 Å². The number of benzene rings is 1. The Morgan fingerprint density at radius 3 is 2.56 bits per heavy atom. The molecule has 0 unspecified atom stereocenters. The van der Waals surface area contributed by atoms with E-state index in [-0.39, 0.29) is 35.8 Å². The summed E-state index contributed by atoms with van der Waals surface area (Å²) in [4.78, 5) is 25.4. The van der Waals surface area contributed by atoms with Crippen LogP contribution in [0, 0.1) is 12.8 Å². The van der Waals surface area contributed by atoms with Gasteiger partial charge in [-0.05, 0) is 43.9 Å². The number of pyridine rings is 1. The van der Waals surface area contributed by atoms with Gasteiger partial charge < -0.3 is 20.9 Å². The molecule has 32 heavy (non-hydrogen) atoms. The Kier molecular flexibility index (Phi) is 10.2. The van der Waals surface area contributed by atoms with E-state index in [9.17, 15) is 4.79 Å². The second-order valence-corrected chi connectivity index (χ2v) is 8.10. The Bertz CT molecular complexity index is 911. The quantitative estimate of drug-likeness (QED) is 0.314. The summed E-state index contributed by atoms with van der Waals surface area (Å²) in [5.41, 5.74) is 9.13. The predicted octanol–water partition coefficient (Wildman–Crippen LogP) is 3.31. The lowest BCUT2D eigenvalue weighted by Crippen LogP contribution is -2.39. The Balaban J connectivity index is 0.00000363. The summed E-state index contributed by atoms with van der Waals surface area (Å²) >= 11 is 0. The average Bonchev–Trinajstić information content (AvgIpc) is 2.78. The number of carbonyl (C=O) groups excluding carboxylic acids is 1. The number of anilines is 1. The monoisotopic (exact) mass is 550 g/mol. The summed E-state index contributed by atoms with van der Waals surface area (Å²) in [6.07, 6.45) is 3.37. The highest BCUT2D eigenvalue weighted by molar-refractivity contribution is 14.0. The molecule has 2 heterocycles. The summed E-state index contributed by atoms with van der Waals surface area (Å²) in [6.45, 7) is 7.92. The minimum absolute atomic E-state index is 0. The van der Waals surface area contributed by atoms with Crippen molar-refractivity contribution in [3.8, 4) is 0 Å². The zero-order chi connectivity index (χ0) is 22.2. The van der Waals surface area contributed by atoms with Crippen molar-refractivity contribution >= 4 is 41.7 Å². The van der Waals surface area contributed by atoms with Gasteiger partial charge in [0.25, 0.3) is 0 Å². The standard InChI is InChI=1S/C24H34N6O.HI/c1-4-26-24(29(3)17-21-9-6-5-8-18(21)2)28-16-20-10-7-13-27-23(20)30-14-11-19(12-15-30)22(25)31;/h5-10,13,19H,4,11-12,14-17H2,1-3H3,(H2,25,31)(H,26,28);1H. The Hall–Kier alpha value is -2.36. The molecule has 7 nitrogen and oxygen atoms in total. The predicted molar refractivity (Wildman–Crippen MR) is 141 cm³/mol. The number of halogens is 1. The molecule has 1 aromatic heterocycles. The zero-order valence-electron chi connectivity index (χ0n) is 19.3. The van der Waals surface area contributed by atoms with E-state index < -0.39 is 0 Å². The maximum atomic E-state index is 11.5. The molecule has 2 aromatic rings. The molecule has 0 atom stereocenters. The van der Waals surface area contributed by atoms with Crippen LogP contribution in [0.2, 0.25) is 0 Å². The van der Waals surface area contributed by atoms with E-state index in [0.717, 1.165) is 56.4 Å². The van der Waals surface area contributed by atoms with Gasteiger partial charge in [-0.2, -0.15) is 0 Å². The Labute approximate surface area is 208 Å². The highest BCUT2D eigenvalue weighted by Crippen LogP contribution is 2.25. The topological polar surface area (TPSA) is 86.9 Å². The third-order valence-electron chi connectivity index (χ3n) is 5.83. The largest absolute Gasteiger partial charge is 0.369 e. The summed E-state index contributed by atoms with van der Waals surface area (Å²) in [5.74, 6) is 1.59. The Morgan fingerprint density at radius 1 is 1.22 bits per heavy atom. The van der Waals surface area contributed by atoms with Crippen LogP contribution in [0.15, 0.2) is 47.6 Å². The van der Waals surface area contributed by atoms with E-state index >= 15 is 0 Å². The SMILES string of the molecule is CCNC(=NCc1cccnc1N1CCC(C(N)=O)CC1)N(C)Cc1ccccc1C.I. The van der Waals surface area contributed by atoms with Crippen molar-refractivity contribution < 1.29 is 4.79 Å². The highest BCUT2D eigenvalue weighted by Gasteiger charge is 2.25. The van der Waals surface area contributed by atoms with Crippen molar-refractivity contribution in [2.24, 2.45) is 16.6 Å². The first kappa shape index (κ1) is 25.9. The third-order valence-corrected chi connectivity index (χ3v) is 5.83. The molecule has 0 saturated carbocycles. The molecule has 0 aliphatic carbocycles. The fraction of sp³-hybridized carbons (Fsp3) is 0.458. The molecule has 0 spiro atoms. The van der Waals surface area contributed by atoms with Gasteiger partial charge in [0.15, 0.2) is 5.96 Å². The molecule has 1 aliphatic rings. The average molecular weight is 550 g/mol. The molecular formula is C24H35IN6O. The van der Waals surface area contributed by atoms with E-state index in [1.165, 1.54) is 11.1 Å². The van der Waals surface area contributed by atoms with Gasteiger partial charge in [-0.1, -0.05) is 30.3 Å². The number of nitrogens with two attached hydrogens (primary N) is 1. The first-order valence-electron chi connectivity index (χ1n) is 11.0. The molecule has 1 amide bonds. The molecule has 1 saturated heterocycles. The van der Waals surface area contributed by atoms with Crippen molar-refractivity contribution in [3.05, 3.63) is 59.3 Å². The van der Waals surface area contributed by atoms with Crippen LogP contribution in [0.25, 0.3) is 0 Å². The van der Waals surface area contributed by atoms with Gasteiger partial charge in [0.1, 0.15) is 5.82 Å². The number of nitrogens with one attached hydrogen (secondary N) is 1. The summed E-state index contributed by atoms with van der Waals surface area (Å²) in [5, 5.41) is 3.40. The van der Waals surface area contributed by atoms with Gasteiger partial charge in [0.2, 0.25) is 5.91 Å². The van der Waals surface area contributed by atoms with Crippen molar-refractivity contribution in [3.63, 3.8) is 0 Å². The van der Waals surface area contributed by atoms with E-state index in [1.54, 1.807) is 0 Å². The number of hydrogen-bond acceptors (Lipinski definition) is 4. The summed E-state index contributed by atoms with van der Waals surface area (Å²) in [6, 6.07) is 12.5. The number of nitrogens with zero attached hydrogens (tertiary/aromatic N) is 4. The number of amides is 1. The van der Waals surface area contributed by atoms with Gasteiger partial charge in [-0.3, -0.25) is 4.79 Å². The zero-order valence-corrected chi connectivity index (χ0v) is 21.6. The first-order valence-corrected chi connectivity index (χ1v) is 11.0. The molecule has 0 radical (unpaired) electrons. The van der Waals surface area contributed by atoms with Crippen LogP contribution in [0.5, 0.6) is 0 Å². The molecule has 3 N–H and O–H groups in total. The molecule has 1 aromatic carbocycles.